The molecular weight excluding hydrogens is 240 g/mol. The zero-order chi connectivity index (χ0) is 12.4. The molecule has 6 heteroatoms. The molecule has 1 amide bonds. The minimum absolute atomic E-state index is 0.247. The minimum atomic E-state index is -0.247. The lowest BCUT2D eigenvalue weighted by molar-refractivity contribution is 0.102. The number of rotatable bonds is 2. The van der Waals surface area contributed by atoms with E-state index in [9.17, 15) is 4.79 Å². The second-order valence-corrected chi connectivity index (χ2v) is 4.00. The molecule has 0 fully saturated rings. The van der Waals surface area contributed by atoms with Gasteiger partial charge in [-0.15, -0.1) is 0 Å². The number of pyridine rings is 1. The number of hydrogen-bond acceptors (Lipinski definition) is 3. The fourth-order valence-electron chi connectivity index (χ4n) is 1.54. The fraction of sp³-hybridized carbons (Fsp3) is 0.182. The summed E-state index contributed by atoms with van der Waals surface area (Å²) < 4.78 is 0. The lowest BCUT2D eigenvalue weighted by atomic mass is 10.2. The normalized spacial score (nSPS) is 10.3. The summed E-state index contributed by atoms with van der Waals surface area (Å²) in [6, 6.07) is 5.04. The minimum Gasteiger partial charge on any atom is -0.306 e. The molecule has 0 saturated heterocycles. The monoisotopic (exact) mass is 250 g/mol. The van der Waals surface area contributed by atoms with Crippen molar-refractivity contribution < 1.29 is 4.79 Å². The number of H-pyrrole nitrogens is 1. The Morgan fingerprint density at radius 1 is 1.41 bits per heavy atom. The van der Waals surface area contributed by atoms with E-state index in [1.165, 1.54) is 0 Å². The van der Waals surface area contributed by atoms with Crippen molar-refractivity contribution in [2.75, 3.05) is 5.32 Å². The summed E-state index contributed by atoms with van der Waals surface area (Å²) in [5.41, 5.74) is 1.91. The Labute approximate surface area is 103 Å². The quantitative estimate of drug-likeness (QED) is 0.804. The third-order valence-corrected chi connectivity index (χ3v) is 2.52. The summed E-state index contributed by atoms with van der Waals surface area (Å²) >= 11 is 5.73. The molecule has 0 saturated carbocycles. The summed E-state index contributed by atoms with van der Waals surface area (Å²) in [7, 11) is 0. The van der Waals surface area contributed by atoms with E-state index in [1.54, 1.807) is 32.0 Å². The van der Waals surface area contributed by atoms with E-state index in [-0.39, 0.29) is 5.91 Å². The zero-order valence-corrected chi connectivity index (χ0v) is 10.2. The standard InChI is InChI=1S/C11H11ClN4O/c1-6-10(7(2)16-15-6)11(17)14-9-5-3-4-8(12)13-9/h3-5H,1-2H3,(H,15,16)(H,13,14,17). The first-order valence-corrected chi connectivity index (χ1v) is 5.41. The van der Waals surface area contributed by atoms with Crippen LogP contribution in [-0.2, 0) is 0 Å². The van der Waals surface area contributed by atoms with E-state index in [4.69, 9.17) is 11.6 Å². The van der Waals surface area contributed by atoms with Crippen LogP contribution in [0.1, 0.15) is 21.7 Å². The number of anilines is 1. The second kappa shape index (κ2) is 4.55. The van der Waals surface area contributed by atoms with Crippen LogP contribution in [-0.4, -0.2) is 21.1 Å². The van der Waals surface area contributed by atoms with Gasteiger partial charge in [-0.3, -0.25) is 9.89 Å². The molecule has 0 bridgehead atoms. The van der Waals surface area contributed by atoms with Gasteiger partial charge in [0.1, 0.15) is 11.0 Å². The Morgan fingerprint density at radius 2 is 2.18 bits per heavy atom. The van der Waals surface area contributed by atoms with E-state index in [0.717, 1.165) is 5.69 Å². The van der Waals surface area contributed by atoms with Gasteiger partial charge in [0.15, 0.2) is 0 Å². The highest BCUT2D eigenvalue weighted by Gasteiger charge is 2.15. The van der Waals surface area contributed by atoms with E-state index in [2.05, 4.69) is 20.5 Å². The number of aromatic amines is 1. The predicted octanol–water partition coefficient (Wildman–Crippen LogP) is 2.33. The SMILES string of the molecule is Cc1n[nH]c(C)c1C(=O)Nc1cccc(Cl)n1. The number of nitrogens with one attached hydrogen (secondary N) is 2. The largest absolute Gasteiger partial charge is 0.306 e. The van der Waals surface area contributed by atoms with Crippen molar-refractivity contribution in [3.8, 4) is 0 Å². The van der Waals surface area contributed by atoms with Gasteiger partial charge in [-0.05, 0) is 26.0 Å². The Hall–Kier alpha value is -1.88. The number of nitrogens with zero attached hydrogens (tertiary/aromatic N) is 2. The number of carbonyl (C=O) groups excluding carboxylic acids is 1. The smallest absolute Gasteiger partial charge is 0.260 e. The van der Waals surface area contributed by atoms with Crippen molar-refractivity contribution in [1.29, 1.82) is 0 Å². The summed E-state index contributed by atoms with van der Waals surface area (Å²) in [5, 5.41) is 9.73. The first kappa shape index (κ1) is 11.6. The van der Waals surface area contributed by atoms with Gasteiger partial charge in [0, 0.05) is 5.69 Å². The van der Waals surface area contributed by atoms with Gasteiger partial charge in [-0.25, -0.2) is 4.98 Å². The van der Waals surface area contributed by atoms with Crippen LogP contribution in [0.4, 0.5) is 5.82 Å². The zero-order valence-electron chi connectivity index (χ0n) is 9.41. The highest BCUT2D eigenvalue weighted by molar-refractivity contribution is 6.29. The van der Waals surface area contributed by atoms with Gasteiger partial charge in [-0.2, -0.15) is 5.10 Å². The Kier molecular flexibility index (Phi) is 3.10. The van der Waals surface area contributed by atoms with Crippen LogP contribution in [0.5, 0.6) is 0 Å². The van der Waals surface area contributed by atoms with Crippen molar-refractivity contribution in [2.45, 2.75) is 13.8 Å². The molecule has 2 aromatic rings. The summed E-state index contributed by atoms with van der Waals surface area (Å²) in [6.07, 6.45) is 0. The van der Waals surface area contributed by atoms with Crippen molar-refractivity contribution in [3.05, 3.63) is 40.3 Å². The molecule has 0 aromatic carbocycles. The van der Waals surface area contributed by atoms with Crippen molar-refractivity contribution >= 4 is 23.3 Å². The van der Waals surface area contributed by atoms with E-state index in [1.807, 2.05) is 0 Å². The third kappa shape index (κ3) is 2.45. The highest BCUT2D eigenvalue weighted by atomic mass is 35.5. The van der Waals surface area contributed by atoms with Gasteiger partial charge in [0.25, 0.3) is 5.91 Å². The number of aromatic nitrogens is 3. The maximum atomic E-state index is 12.0. The molecule has 0 unspecified atom stereocenters. The summed E-state index contributed by atoms with van der Waals surface area (Å²) in [4.78, 5) is 16.0. The van der Waals surface area contributed by atoms with Gasteiger partial charge in [-0.1, -0.05) is 17.7 Å². The molecular formula is C11H11ClN4O. The number of amides is 1. The molecule has 0 atom stereocenters. The molecule has 2 aromatic heterocycles. The maximum absolute atomic E-state index is 12.0. The lowest BCUT2D eigenvalue weighted by Gasteiger charge is -2.04. The van der Waals surface area contributed by atoms with Crippen LogP contribution in [0.3, 0.4) is 0 Å². The first-order valence-electron chi connectivity index (χ1n) is 5.03. The third-order valence-electron chi connectivity index (χ3n) is 2.31. The molecule has 2 rings (SSSR count). The van der Waals surface area contributed by atoms with Gasteiger partial charge in [0.05, 0.1) is 11.3 Å². The summed E-state index contributed by atoms with van der Waals surface area (Å²) in [5.74, 6) is 0.172. The number of aryl methyl sites for hydroxylation is 2. The number of hydrogen-bond donors (Lipinski definition) is 2. The topological polar surface area (TPSA) is 70.7 Å². The van der Waals surface area contributed by atoms with Gasteiger partial charge in [0.2, 0.25) is 0 Å². The van der Waals surface area contributed by atoms with Crippen LogP contribution in [0, 0.1) is 13.8 Å². The Bertz CT molecular complexity index is 545. The van der Waals surface area contributed by atoms with Crippen molar-refractivity contribution in [3.63, 3.8) is 0 Å². The van der Waals surface area contributed by atoms with Crippen LogP contribution < -0.4 is 5.32 Å². The summed E-state index contributed by atoms with van der Waals surface area (Å²) in [6.45, 7) is 3.56. The fourth-order valence-corrected chi connectivity index (χ4v) is 1.71. The molecule has 2 N–H and O–H groups in total. The molecule has 2 heterocycles. The Balaban J connectivity index is 2.23. The number of halogens is 1. The van der Waals surface area contributed by atoms with Gasteiger partial charge < -0.3 is 5.32 Å². The van der Waals surface area contributed by atoms with Crippen molar-refractivity contribution in [2.24, 2.45) is 0 Å². The second-order valence-electron chi connectivity index (χ2n) is 3.61. The van der Waals surface area contributed by atoms with Gasteiger partial charge >= 0.3 is 0 Å². The molecule has 88 valence electrons. The molecule has 5 nitrogen and oxygen atoms in total. The molecule has 0 spiro atoms. The first-order chi connectivity index (χ1) is 8.08. The average Bonchev–Trinajstić information content (AvgIpc) is 2.58. The van der Waals surface area contributed by atoms with E-state index >= 15 is 0 Å². The van der Waals surface area contributed by atoms with Crippen LogP contribution in [0.25, 0.3) is 0 Å². The molecule has 0 aliphatic carbocycles. The predicted molar refractivity (Wildman–Crippen MR) is 65.3 cm³/mol. The molecule has 0 radical (unpaired) electrons. The molecule has 0 aliphatic rings. The van der Waals surface area contributed by atoms with Crippen LogP contribution in [0.2, 0.25) is 5.15 Å². The maximum Gasteiger partial charge on any atom is 0.260 e. The highest BCUT2D eigenvalue weighted by Crippen LogP contribution is 2.14. The van der Waals surface area contributed by atoms with E-state index in [0.29, 0.717) is 22.2 Å². The van der Waals surface area contributed by atoms with Crippen LogP contribution in [0.15, 0.2) is 18.2 Å². The molecule has 17 heavy (non-hydrogen) atoms. The number of carbonyl (C=O) groups is 1. The lowest BCUT2D eigenvalue weighted by Crippen LogP contribution is -2.14. The van der Waals surface area contributed by atoms with Crippen molar-refractivity contribution in [1.82, 2.24) is 15.2 Å². The van der Waals surface area contributed by atoms with E-state index < -0.39 is 0 Å². The molecule has 0 aliphatic heterocycles. The Morgan fingerprint density at radius 3 is 2.76 bits per heavy atom. The average molecular weight is 251 g/mol. The van der Waals surface area contributed by atoms with Crippen LogP contribution >= 0.6 is 11.6 Å².